The second-order valence-electron chi connectivity index (χ2n) is 8.65. The topological polar surface area (TPSA) is 115 Å². The SMILES string of the molecule is Cc1ccc(NC(=O)C2CCCN(C(=O)c3cccc(COc4ccccc4C(N)=O)c3)C2)nc1. The summed E-state index contributed by atoms with van der Waals surface area (Å²) in [6, 6.07) is 17.6. The predicted octanol–water partition coefficient (Wildman–Crippen LogP) is 3.56. The fraction of sp³-hybridized carbons (Fsp3) is 0.259. The van der Waals surface area contributed by atoms with Crippen LogP contribution in [0, 0.1) is 12.8 Å². The van der Waals surface area contributed by atoms with E-state index < -0.39 is 5.91 Å². The number of amides is 3. The van der Waals surface area contributed by atoms with E-state index in [4.69, 9.17) is 10.5 Å². The lowest BCUT2D eigenvalue weighted by Gasteiger charge is -2.32. The van der Waals surface area contributed by atoms with Crippen molar-refractivity contribution >= 4 is 23.5 Å². The molecule has 2 heterocycles. The van der Waals surface area contributed by atoms with Gasteiger partial charge in [-0.15, -0.1) is 0 Å². The van der Waals surface area contributed by atoms with E-state index in [1.54, 1.807) is 59.6 Å². The van der Waals surface area contributed by atoms with Gasteiger partial charge in [-0.3, -0.25) is 14.4 Å². The van der Waals surface area contributed by atoms with Crippen molar-refractivity contribution in [3.05, 3.63) is 89.1 Å². The number of nitrogens with zero attached hydrogens (tertiary/aromatic N) is 2. The van der Waals surface area contributed by atoms with Crippen LogP contribution in [0.1, 0.15) is 44.7 Å². The largest absolute Gasteiger partial charge is 0.488 e. The van der Waals surface area contributed by atoms with Crippen LogP contribution in [0.15, 0.2) is 66.9 Å². The molecule has 2 aromatic carbocycles. The number of rotatable bonds is 7. The van der Waals surface area contributed by atoms with E-state index in [0.29, 0.717) is 42.2 Å². The fourth-order valence-corrected chi connectivity index (χ4v) is 4.08. The van der Waals surface area contributed by atoms with Crippen molar-refractivity contribution < 1.29 is 19.1 Å². The van der Waals surface area contributed by atoms with Crippen LogP contribution in [0.2, 0.25) is 0 Å². The molecule has 1 aromatic heterocycles. The summed E-state index contributed by atoms with van der Waals surface area (Å²) in [5.41, 5.74) is 8.04. The Labute approximate surface area is 204 Å². The number of ether oxygens (including phenoxy) is 1. The molecule has 1 aliphatic rings. The van der Waals surface area contributed by atoms with Gasteiger partial charge in [-0.1, -0.05) is 30.3 Å². The Morgan fingerprint density at radius 1 is 1.11 bits per heavy atom. The lowest BCUT2D eigenvalue weighted by atomic mass is 9.96. The number of carbonyl (C=O) groups excluding carboxylic acids is 3. The van der Waals surface area contributed by atoms with Gasteiger partial charge in [0.05, 0.1) is 11.5 Å². The molecule has 1 atom stereocenters. The number of nitrogens with two attached hydrogens (primary N) is 1. The van der Waals surface area contributed by atoms with E-state index in [2.05, 4.69) is 10.3 Å². The van der Waals surface area contributed by atoms with Crippen LogP contribution in [-0.2, 0) is 11.4 Å². The number of aryl methyl sites for hydroxylation is 1. The highest BCUT2D eigenvalue weighted by atomic mass is 16.5. The minimum absolute atomic E-state index is 0.129. The molecule has 1 saturated heterocycles. The van der Waals surface area contributed by atoms with Crippen molar-refractivity contribution in [2.75, 3.05) is 18.4 Å². The van der Waals surface area contributed by atoms with E-state index in [9.17, 15) is 14.4 Å². The molecule has 3 aromatic rings. The predicted molar refractivity (Wildman–Crippen MR) is 132 cm³/mol. The van der Waals surface area contributed by atoms with Crippen LogP contribution in [-0.4, -0.2) is 40.7 Å². The van der Waals surface area contributed by atoms with E-state index >= 15 is 0 Å². The zero-order valence-electron chi connectivity index (χ0n) is 19.6. The van der Waals surface area contributed by atoms with Crippen LogP contribution in [0.3, 0.4) is 0 Å². The molecule has 8 heteroatoms. The molecule has 35 heavy (non-hydrogen) atoms. The lowest BCUT2D eigenvalue weighted by molar-refractivity contribution is -0.121. The number of piperidine rings is 1. The third-order valence-electron chi connectivity index (χ3n) is 5.96. The van der Waals surface area contributed by atoms with Gasteiger partial charge in [0.25, 0.3) is 11.8 Å². The van der Waals surface area contributed by atoms with Crippen molar-refractivity contribution in [3.63, 3.8) is 0 Å². The first kappa shape index (κ1) is 23.9. The smallest absolute Gasteiger partial charge is 0.253 e. The molecule has 3 N–H and O–H groups in total. The summed E-state index contributed by atoms with van der Waals surface area (Å²) in [4.78, 5) is 43.5. The van der Waals surface area contributed by atoms with Gasteiger partial charge in [0.15, 0.2) is 0 Å². The van der Waals surface area contributed by atoms with Crippen LogP contribution in [0.4, 0.5) is 5.82 Å². The van der Waals surface area contributed by atoms with E-state index in [1.807, 2.05) is 19.1 Å². The van der Waals surface area contributed by atoms with Crippen molar-refractivity contribution in [2.45, 2.75) is 26.4 Å². The number of carbonyl (C=O) groups is 3. The summed E-state index contributed by atoms with van der Waals surface area (Å²) in [5.74, 6) is -0.220. The van der Waals surface area contributed by atoms with Gasteiger partial charge < -0.3 is 20.7 Å². The fourth-order valence-electron chi connectivity index (χ4n) is 4.08. The van der Waals surface area contributed by atoms with Gasteiger partial charge in [0.2, 0.25) is 5.91 Å². The number of primary amides is 1. The number of hydrogen-bond acceptors (Lipinski definition) is 5. The normalized spacial score (nSPS) is 15.3. The van der Waals surface area contributed by atoms with Crippen molar-refractivity contribution in [3.8, 4) is 5.75 Å². The molecule has 8 nitrogen and oxygen atoms in total. The molecule has 0 bridgehead atoms. The number of likely N-dealkylation sites (tertiary alicyclic amines) is 1. The van der Waals surface area contributed by atoms with Gasteiger partial charge in [-0.05, 0) is 61.2 Å². The summed E-state index contributed by atoms with van der Waals surface area (Å²) in [6.45, 7) is 3.06. The van der Waals surface area contributed by atoms with Gasteiger partial charge in [-0.25, -0.2) is 4.98 Å². The maximum Gasteiger partial charge on any atom is 0.253 e. The van der Waals surface area contributed by atoms with E-state index in [1.165, 1.54) is 0 Å². The molecule has 1 fully saturated rings. The van der Waals surface area contributed by atoms with Gasteiger partial charge in [-0.2, -0.15) is 0 Å². The first-order chi connectivity index (χ1) is 16.9. The van der Waals surface area contributed by atoms with Crippen molar-refractivity contribution in [2.24, 2.45) is 11.7 Å². The van der Waals surface area contributed by atoms with Gasteiger partial charge >= 0.3 is 0 Å². The molecule has 0 spiro atoms. The van der Waals surface area contributed by atoms with Gasteiger partial charge in [0.1, 0.15) is 18.2 Å². The van der Waals surface area contributed by atoms with Gasteiger partial charge in [0, 0.05) is 24.8 Å². The summed E-state index contributed by atoms with van der Waals surface area (Å²) in [5, 5.41) is 2.85. The van der Waals surface area contributed by atoms with Crippen molar-refractivity contribution in [1.82, 2.24) is 9.88 Å². The molecule has 1 unspecified atom stereocenters. The Hall–Kier alpha value is -4.20. The van der Waals surface area contributed by atoms with Crippen LogP contribution >= 0.6 is 0 Å². The highest BCUT2D eigenvalue weighted by molar-refractivity contribution is 5.96. The monoisotopic (exact) mass is 472 g/mol. The highest BCUT2D eigenvalue weighted by Crippen LogP contribution is 2.22. The summed E-state index contributed by atoms with van der Waals surface area (Å²) < 4.78 is 5.79. The zero-order chi connectivity index (χ0) is 24.8. The number of benzene rings is 2. The summed E-state index contributed by atoms with van der Waals surface area (Å²) in [6.07, 6.45) is 3.17. The second-order valence-corrected chi connectivity index (χ2v) is 8.65. The average molecular weight is 473 g/mol. The maximum atomic E-state index is 13.2. The Morgan fingerprint density at radius 3 is 2.71 bits per heavy atom. The standard InChI is InChI=1S/C27H28N4O4/c1-18-11-12-24(29-15-18)30-26(33)21-8-5-13-31(16-21)27(34)20-7-4-6-19(14-20)17-35-23-10-3-2-9-22(23)25(28)32/h2-4,6-7,9-12,14-15,21H,5,8,13,16-17H2,1H3,(H2,28,32)(H,29,30,33). The number of para-hydroxylation sites is 1. The minimum Gasteiger partial charge on any atom is -0.488 e. The molecule has 0 saturated carbocycles. The van der Waals surface area contributed by atoms with E-state index in [-0.39, 0.29) is 24.3 Å². The molecule has 3 amide bonds. The molecule has 180 valence electrons. The third kappa shape index (κ3) is 6.03. The highest BCUT2D eigenvalue weighted by Gasteiger charge is 2.29. The van der Waals surface area contributed by atoms with E-state index in [0.717, 1.165) is 17.5 Å². The molecule has 4 rings (SSSR count). The average Bonchev–Trinajstić information content (AvgIpc) is 2.88. The summed E-state index contributed by atoms with van der Waals surface area (Å²) in [7, 11) is 0. The Kier molecular flexibility index (Phi) is 7.40. The minimum atomic E-state index is -0.564. The second kappa shape index (κ2) is 10.8. The zero-order valence-corrected chi connectivity index (χ0v) is 19.6. The third-order valence-corrected chi connectivity index (χ3v) is 5.96. The molecular formula is C27H28N4O4. The number of aromatic nitrogens is 1. The number of pyridine rings is 1. The Bertz CT molecular complexity index is 1230. The molecule has 0 radical (unpaired) electrons. The van der Waals surface area contributed by atoms with Crippen LogP contribution < -0.4 is 15.8 Å². The van der Waals surface area contributed by atoms with Crippen molar-refractivity contribution in [1.29, 1.82) is 0 Å². The van der Waals surface area contributed by atoms with Crippen LogP contribution in [0.25, 0.3) is 0 Å². The first-order valence-corrected chi connectivity index (χ1v) is 11.5. The molecular weight excluding hydrogens is 444 g/mol. The lowest BCUT2D eigenvalue weighted by Crippen LogP contribution is -2.43. The number of hydrogen-bond donors (Lipinski definition) is 2. The molecule has 0 aliphatic carbocycles. The Morgan fingerprint density at radius 2 is 1.94 bits per heavy atom. The quantitative estimate of drug-likeness (QED) is 0.546. The Balaban J connectivity index is 1.39. The number of anilines is 1. The number of nitrogens with one attached hydrogen (secondary N) is 1. The molecule has 1 aliphatic heterocycles. The summed E-state index contributed by atoms with van der Waals surface area (Å²) >= 11 is 0. The van der Waals surface area contributed by atoms with Crippen LogP contribution in [0.5, 0.6) is 5.75 Å². The first-order valence-electron chi connectivity index (χ1n) is 11.5. The maximum absolute atomic E-state index is 13.2.